The maximum Gasteiger partial charge on any atom is 0.182 e. The van der Waals surface area contributed by atoms with Gasteiger partial charge < -0.3 is 4.74 Å². The van der Waals surface area contributed by atoms with Crippen LogP contribution in [0, 0.1) is 11.3 Å². The van der Waals surface area contributed by atoms with E-state index in [-0.39, 0.29) is 12.4 Å². The molecule has 0 unspecified atom stereocenters. The Hall–Kier alpha value is -1.48. The van der Waals surface area contributed by atoms with Crippen molar-refractivity contribution in [1.82, 2.24) is 4.98 Å². The van der Waals surface area contributed by atoms with Crippen molar-refractivity contribution in [2.45, 2.75) is 12.8 Å². The number of hydrogen-bond acceptors (Lipinski definition) is 5. The van der Waals surface area contributed by atoms with Crippen molar-refractivity contribution in [2.75, 3.05) is 13.2 Å². The first kappa shape index (κ1) is 13.9. The Bertz CT molecular complexity index is 648. The third-order valence-corrected chi connectivity index (χ3v) is 3.85. The lowest BCUT2D eigenvalue weighted by Gasteiger charge is -2.04. The number of Topliss-reactive ketones (excluding diaryl/α,β-unsaturated/α-hetero) is 1. The van der Waals surface area contributed by atoms with E-state index >= 15 is 0 Å². The van der Waals surface area contributed by atoms with E-state index in [1.54, 1.807) is 19.1 Å². The number of benzene rings is 1. The lowest BCUT2D eigenvalue weighted by Crippen LogP contribution is -2.16. The Morgan fingerprint density at radius 3 is 3.11 bits per heavy atom. The first-order valence-corrected chi connectivity index (χ1v) is 6.91. The Morgan fingerprint density at radius 2 is 2.42 bits per heavy atom. The largest absolute Gasteiger partial charge is 0.374 e. The average Bonchev–Trinajstić information content (AvgIpc) is 2.79. The van der Waals surface area contributed by atoms with E-state index in [0.29, 0.717) is 22.2 Å². The minimum absolute atomic E-state index is 0.0641. The molecule has 1 heterocycles. The van der Waals surface area contributed by atoms with Gasteiger partial charge in [0, 0.05) is 11.6 Å². The highest BCUT2D eigenvalue weighted by Crippen LogP contribution is 2.29. The fourth-order valence-corrected chi connectivity index (χ4v) is 2.78. The Morgan fingerprint density at radius 1 is 1.63 bits per heavy atom. The number of ether oxygens (including phenoxy) is 1. The summed E-state index contributed by atoms with van der Waals surface area (Å²) in [5, 5.41) is 10.2. The lowest BCUT2D eigenvalue weighted by molar-refractivity contribution is -0.123. The SMILES string of the molecule is CCOCC(=O)[C@@H](C#N)c1nc2cc(Cl)ccc2s1. The van der Waals surface area contributed by atoms with Gasteiger partial charge in [0.15, 0.2) is 11.7 Å². The maximum absolute atomic E-state index is 11.9. The quantitative estimate of drug-likeness (QED) is 0.850. The Balaban J connectivity index is 2.31. The summed E-state index contributed by atoms with van der Waals surface area (Å²) >= 11 is 7.22. The molecule has 1 aromatic heterocycles. The predicted molar refractivity (Wildman–Crippen MR) is 74.5 cm³/mol. The van der Waals surface area contributed by atoms with E-state index in [9.17, 15) is 4.79 Å². The van der Waals surface area contributed by atoms with Gasteiger partial charge in [-0.2, -0.15) is 5.26 Å². The van der Waals surface area contributed by atoms with Gasteiger partial charge in [-0.25, -0.2) is 4.98 Å². The van der Waals surface area contributed by atoms with E-state index in [1.165, 1.54) is 11.3 Å². The zero-order valence-corrected chi connectivity index (χ0v) is 11.8. The van der Waals surface area contributed by atoms with Crippen LogP contribution in [-0.4, -0.2) is 24.0 Å². The molecule has 4 nitrogen and oxygen atoms in total. The third kappa shape index (κ3) is 3.10. The number of carbonyl (C=O) groups is 1. The van der Waals surface area contributed by atoms with Crippen LogP contribution in [0.4, 0.5) is 0 Å². The highest BCUT2D eigenvalue weighted by molar-refractivity contribution is 7.18. The van der Waals surface area contributed by atoms with Crippen molar-refractivity contribution < 1.29 is 9.53 Å². The zero-order chi connectivity index (χ0) is 13.8. The summed E-state index contributed by atoms with van der Waals surface area (Å²) in [7, 11) is 0. The van der Waals surface area contributed by atoms with Crippen molar-refractivity contribution in [3.8, 4) is 6.07 Å². The monoisotopic (exact) mass is 294 g/mol. The fraction of sp³-hybridized carbons (Fsp3) is 0.308. The predicted octanol–water partition coefficient (Wildman–Crippen LogP) is 3.16. The van der Waals surface area contributed by atoms with Crippen LogP contribution in [0.15, 0.2) is 18.2 Å². The van der Waals surface area contributed by atoms with Crippen LogP contribution in [0.3, 0.4) is 0 Å². The molecule has 0 saturated carbocycles. The molecule has 0 radical (unpaired) electrons. The molecule has 0 saturated heterocycles. The number of nitrogens with zero attached hydrogens (tertiary/aromatic N) is 2. The number of nitriles is 1. The van der Waals surface area contributed by atoms with Crippen LogP contribution < -0.4 is 0 Å². The third-order valence-electron chi connectivity index (χ3n) is 2.51. The second-order valence-electron chi connectivity index (χ2n) is 3.83. The van der Waals surface area contributed by atoms with Gasteiger partial charge in [-0.05, 0) is 25.1 Å². The Kier molecular flexibility index (Phi) is 4.48. The zero-order valence-electron chi connectivity index (χ0n) is 10.2. The van der Waals surface area contributed by atoms with Crippen molar-refractivity contribution in [2.24, 2.45) is 0 Å². The molecule has 0 bridgehead atoms. The maximum atomic E-state index is 11.9. The van der Waals surface area contributed by atoms with Crippen molar-refractivity contribution >= 4 is 38.9 Å². The van der Waals surface area contributed by atoms with Crippen LogP contribution >= 0.6 is 22.9 Å². The highest BCUT2D eigenvalue weighted by Gasteiger charge is 2.23. The van der Waals surface area contributed by atoms with E-state index in [1.807, 2.05) is 12.1 Å². The van der Waals surface area contributed by atoms with E-state index < -0.39 is 5.92 Å². The average molecular weight is 295 g/mol. The Labute approximate surface area is 119 Å². The first-order valence-electron chi connectivity index (χ1n) is 5.71. The van der Waals surface area contributed by atoms with Crippen LogP contribution in [0.2, 0.25) is 5.02 Å². The van der Waals surface area contributed by atoms with Crippen LogP contribution in [-0.2, 0) is 9.53 Å². The first-order chi connectivity index (χ1) is 9.15. The minimum atomic E-state index is -0.872. The molecule has 2 aromatic rings. The van der Waals surface area contributed by atoms with Gasteiger partial charge in [-0.3, -0.25) is 4.79 Å². The number of carbonyl (C=O) groups excluding carboxylic acids is 1. The number of fused-ring (bicyclic) bond motifs is 1. The van der Waals surface area contributed by atoms with E-state index in [2.05, 4.69) is 4.98 Å². The number of hydrogen-bond donors (Lipinski definition) is 0. The molecule has 0 aliphatic rings. The number of ketones is 1. The van der Waals surface area contributed by atoms with Gasteiger partial charge in [-0.1, -0.05) is 11.6 Å². The van der Waals surface area contributed by atoms with Gasteiger partial charge in [0.2, 0.25) is 0 Å². The molecule has 0 spiro atoms. The summed E-state index contributed by atoms with van der Waals surface area (Å²) in [5.41, 5.74) is 0.706. The molecular weight excluding hydrogens is 284 g/mol. The second kappa shape index (κ2) is 6.11. The van der Waals surface area contributed by atoms with Gasteiger partial charge in [0.25, 0.3) is 0 Å². The summed E-state index contributed by atoms with van der Waals surface area (Å²) in [6.07, 6.45) is 0. The molecule has 0 aliphatic carbocycles. The number of rotatable bonds is 5. The topological polar surface area (TPSA) is 63.0 Å². The normalized spacial score (nSPS) is 12.3. The van der Waals surface area contributed by atoms with Crippen LogP contribution in [0.1, 0.15) is 17.8 Å². The molecule has 98 valence electrons. The summed E-state index contributed by atoms with van der Waals surface area (Å²) in [4.78, 5) is 16.2. The molecule has 19 heavy (non-hydrogen) atoms. The molecule has 2 rings (SSSR count). The van der Waals surface area contributed by atoms with Crippen molar-refractivity contribution in [3.05, 3.63) is 28.2 Å². The summed E-state index contributed by atoms with van der Waals surface area (Å²) in [5.74, 6) is -1.14. The van der Waals surface area contributed by atoms with E-state index in [4.69, 9.17) is 21.6 Å². The van der Waals surface area contributed by atoms with Gasteiger partial charge in [-0.15, -0.1) is 11.3 Å². The molecule has 0 N–H and O–H groups in total. The molecular formula is C13H11ClN2O2S. The fourth-order valence-electron chi connectivity index (χ4n) is 1.59. The van der Waals surface area contributed by atoms with Crippen LogP contribution in [0.25, 0.3) is 10.2 Å². The highest BCUT2D eigenvalue weighted by atomic mass is 35.5. The number of aromatic nitrogens is 1. The van der Waals surface area contributed by atoms with Gasteiger partial charge in [0.05, 0.1) is 16.3 Å². The second-order valence-corrected chi connectivity index (χ2v) is 5.33. The van der Waals surface area contributed by atoms with Gasteiger partial charge >= 0.3 is 0 Å². The smallest absolute Gasteiger partial charge is 0.182 e. The molecule has 1 atom stereocenters. The number of thiazole rings is 1. The van der Waals surface area contributed by atoms with Crippen LogP contribution in [0.5, 0.6) is 0 Å². The molecule has 6 heteroatoms. The standard InChI is InChI=1S/C13H11ClN2O2S/c1-2-18-7-11(17)9(6-15)13-16-10-5-8(14)3-4-12(10)19-13/h3-5,9H,2,7H2,1H3/t9-/m1/s1. The number of halogens is 1. The lowest BCUT2D eigenvalue weighted by atomic mass is 10.1. The summed E-state index contributed by atoms with van der Waals surface area (Å²) in [6, 6.07) is 7.30. The molecule has 1 aromatic carbocycles. The summed E-state index contributed by atoms with van der Waals surface area (Å²) < 4.78 is 5.95. The van der Waals surface area contributed by atoms with Crippen molar-refractivity contribution in [1.29, 1.82) is 5.26 Å². The van der Waals surface area contributed by atoms with E-state index in [0.717, 1.165) is 4.70 Å². The minimum Gasteiger partial charge on any atom is -0.374 e. The molecule has 0 fully saturated rings. The molecule has 0 amide bonds. The molecule has 0 aliphatic heterocycles. The van der Waals surface area contributed by atoms with Crippen molar-refractivity contribution in [3.63, 3.8) is 0 Å². The summed E-state index contributed by atoms with van der Waals surface area (Å²) in [6.45, 7) is 2.18. The van der Waals surface area contributed by atoms with Gasteiger partial charge in [0.1, 0.15) is 11.6 Å².